The first-order valence-electron chi connectivity index (χ1n) is 33.4. The molecule has 19 N–H and O–H groups in total. The van der Waals surface area contributed by atoms with Gasteiger partial charge in [0.15, 0.2) is 63.6 Å². The Kier molecular flexibility index (Phi) is 103. The van der Waals surface area contributed by atoms with Crippen molar-refractivity contribution in [2.45, 2.75) is 150 Å². The van der Waals surface area contributed by atoms with Crippen LogP contribution in [0.1, 0.15) is 159 Å². The van der Waals surface area contributed by atoms with Crippen LogP contribution in [0.4, 0.5) is 0 Å². The third kappa shape index (κ3) is 79.2. The van der Waals surface area contributed by atoms with Gasteiger partial charge >= 0.3 is 99.6 Å². The standard InChI is InChI=1S/C14H16O7.C13H18O4.C12H14O5.C10H12O5.C8H10O2.C6H12ClNO.C4H6O3.C3H8O.C2H2O3.CH4O.2CH4.Na.H2O4S.4H2O.Pd/c1-4-19-12-7-10(5-6-11(12)20-8(2)15)13(14(17)18)21-9(3)16;1-3-7-17-13(15)9-10-5-6-11(14)12(8-10)16-4-2;1-3-16-11-6-9(7-12(14)15)4-5-10(11)17-8(2)13;1-2-15-8-5-6(3-4-7(8)11)9(12)10(13)14;1-2-10-8-6-4-3-5-7(8)9;1-3-8(4-2)6(9)5-7;1-3(5)7-4(2)6;1-2-3-4;3-1-2(4)5;1-2;;;;1-5(2,3)4;;;;;/h5-7,13H,4H2,1-3H3,(H,17,18);5-6,8,14H,3-4,7,9H2,1-2H3;4-6H,3,7H2,1-2H3,(H,14,15);3-5,9,11-12H,2H2,1H3,(H,13,14);3-6,9H,2H2,1H3;3-5H2,1-2H3;1-2H3;4H,2-3H2,1H3;1H,(H,4,5);2H,1H3;2*1H4;;(H2,1,2,3,4);4*1H2;/q;;;;;;;;;;;;+1;;;;;;/p-1. The molecule has 0 saturated heterocycles. The van der Waals surface area contributed by atoms with E-state index in [0.29, 0.717) is 74.8 Å². The predicted molar refractivity (Wildman–Crippen MR) is 427 cm³/mol. The first kappa shape index (κ1) is 142. The van der Waals surface area contributed by atoms with E-state index in [-0.39, 0.29) is 169 Å². The van der Waals surface area contributed by atoms with Crippen molar-refractivity contribution in [2.24, 2.45) is 0 Å². The number of hydrogen-bond donors (Lipinski definition) is 12. The van der Waals surface area contributed by atoms with E-state index in [4.69, 9.17) is 117 Å². The first-order valence-corrected chi connectivity index (χ1v) is 35.3. The summed E-state index contributed by atoms with van der Waals surface area (Å²) in [5.41, 5.74) is 1.74. The van der Waals surface area contributed by atoms with Gasteiger partial charge in [-0.15, -0.1) is 11.6 Å². The van der Waals surface area contributed by atoms with Crippen LogP contribution in [0.15, 0.2) is 97.1 Å². The second-order valence-electron chi connectivity index (χ2n) is 20.3. The molecule has 45 heteroatoms. The molecular weight excluding hydrogens is 1750 g/mol. The Morgan fingerprint density at radius 2 is 0.850 bits per heavy atom. The minimum Gasteiger partial charge on any atom is -0.870 e. The SMILES string of the molecule is C.C.CC(=O)OC(C)=O.CCCO.CCCOC(=O)Cc1ccc(O)c(OCC)c1.CCN(CC)C(=O)CCl.CCOc1cc(C(O)C(=O)O)ccc1O.CCOc1cc(C(OC(C)=O)C(=O)O)ccc1OC(C)=O.CCOc1cc(CC(=O)O)ccc1OC(C)=O.CCOc1ccccc1O.CO.O.O.O.O=CC(=O)O.O=S(=O)(O)O.[Na+].[OH-].[Pd]. The van der Waals surface area contributed by atoms with Crippen molar-refractivity contribution in [3.8, 4) is 57.5 Å². The number of aliphatic hydroxyl groups is 3. The van der Waals surface area contributed by atoms with Crippen molar-refractivity contribution >= 4 is 93.9 Å². The number of ether oxygens (including phenoxy) is 10. The molecule has 5 aromatic rings. The molecule has 0 aliphatic heterocycles. The summed E-state index contributed by atoms with van der Waals surface area (Å²) in [4.78, 5) is 126. The molecule has 0 radical (unpaired) electrons. The molecule has 2 atom stereocenters. The van der Waals surface area contributed by atoms with E-state index >= 15 is 0 Å². The number of phenolic OH excluding ortho intramolecular Hbond substituents is 3. The molecule has 0 heterocycles. The number of benzene rings is 5. The number of carboxylic acids is 4. The Bertz CT molecular complexity index is 3720. The summed E-state index contributed by atoms with van der Waals surface area (Å²) in [7, 11) is -3.67. The zero-order valence-corrected chi connectivity index (χ0v) is 73.2. The van der Waals surface area contributed by atoms with Gasteiger partial charge < -0.3 is 125 Å². The van der Waals surface area contributed by atoms with Gasteiger partial charge in [0.25, 0.3) is 0 Å². The molecule has 41 nitrogen and oxygen atoms in total. The summed E-state index contributed by atoms with van der Waals surface area (Å²) in [6.45, 7) is 27.1. The Hall–Kier alpha value is -9.92. The predicted octanol–water partition coefficient (Wildman–Crippen LogP) is 3.75. The number of phenols is 3. The number of amides is 1. The van der Waals surface area contributed by atoms with Gasteiger partial charge in [-0.1, -0.05) is 65.1 Å². The number of alkyl halides is 1. The average Bonchev–Trinajstić information content (AvgIpc) is 0.843. The van der Waals surface area contributed by atoms with E-state index in [1.807, 2.05) is 47.6 Å². The van der Waals surface area contributed by atoms with Gasteiger partial charge in [0.1, 0.15) is 5.88 Å². The molecule has 2 unspecified atom stereocenters. The van der Waals surface area contributed by atoms with Crippen molar-refractivity contribution in [3.05, 3.63) is 119 Å². The molecule has 0 fully saturated rings. The number of aromatic hydroxyl groups is 3. The van der Waals surface area contributed by atoms with Crippen molar-refractivity contribution in [1.29, 1.82) is 0 Å². The van der Waals surface area contributed by atoms with Crippen molar-refractivity contribution in [2.75, 3.05) is 72.3 Å². The van der Waals surface area contributed by atoms with E-state index in [2.05, 4.69) is 4.74 Å². The van der Waals surface area contributed by atoms with E-state index in [1.165, 1.54) is 76.2 Å². The Balaban J connectivity index is -0.0000000888. The van der Waals surface area contributed by atoms with Crippen LogP contribution in [-0.2, 0) is 115 Å². The van der Waals surface area contributed by atoms with Gasteiger partial charge in [0.2, 0.25) is 18.3 Å². The summed E-state index contributed by atoms with van der Waals surface area (Å²) in [5.74, 6) is -5.63. The van der Waals surface area contributed by atoms with E-state index in [9.17, 15) is 63.3 Å². The number of para-hydroxylation sites is 2. The molecule has 5 aromatic carbocycles. The van der Waals surface area contributed by atoms with Crippen molar-refractivity contribution in [1.82, 2.24) is 4.90 Å². The molecule has 120 heavy (non-hydrogen) atoms. The van der Waals surface area contributed by atoms with E-state index in [0.717, 1.165) is 45.5 Å². The van der Waals surface area contributed by atoms with Gasteiger partial charge in [0, 0.05) is 87.4 Å². The molecule has 0 saturated carbocycles. The minimum atomic E-state index is -4.67. The summed E-state index contributed by atoms with van der Waals surface area (Å²) >= 11 is 5.31. The zero-order valence-electron chi connectivity index (χ0n) is 68.0. The summed E-state index contributed by atoms with van der Waals surface area (Å²) in [6.07, 6.45) is -1.44. The number of nitrogens with zero attached hydrogens (tertiary/aromatic N) is 1. The number of esters is 6. The maximum atomic E-state index is 11.4. The number of carboxylic acid groups (broad SMARTS) is 4. The quantitative estimate of drug-likeness (QED) is 0.00390. The fourth-order valence-corrected chi connectivity index (χ4v) is 7.22. The van der Waals surface area contributed by atoms with Crippen LogP contribution in [0, 0.1) is 0 Å². The summed E-state index contributed by atoms with van der Waals surface area (Å²) in [5, 5.41) is 85.8. The average molecular weight is 1870 g/mol. The van der Waals surface area contributed by atoms with Gasteiger partial charge in [-0.25, -0.2) is 14.4 Å². The fourth-order valence-electron chi connectivity index (χ4n) is 7.05. The smallest absolute Gasteiger partial charge is 0.870 e. The van der Waals surface area contributed by atoms with Crippen LogP contribution in [-0.4, -0.2) is 240 Å². The van der Waals surface area contributed by atoms with Gasteiger partial charge in [-0.2, -0.15) is 8.42 Å². The number of aldehydes is 1. The van der Waals surface area contributed by atoms with E-state index in [1.54, 1.807) is 68.1 Å². The summed E-state index contributed by atoms with van der Waals surface area (Å²) < 4.78 is 81.2. The van der Waals surface area contributed by atoms with Crippen molar-refractivity contribution < 1.29 is 245 Å². The monoisotopic (exact) mass is 1870 g/mol. The van der Waals surface area contributed by atoms with Gasteiger partial charge in [-0.05, 0) is 139 Å². The third-order valence-electron chi connectivity index (χ3n) is 11.2. The second kappa shape index (κ2) is 86.9. The second-order valence-corrected chi connectivity index (χ2v) is 21.4. The van der Waals surface area contributed by atoms with Crippen LogP contribution in [0.5, 0.6) is 57.5 Å². The number of halogens is 1. The van der Waals surface area contributed by atoms with Crippen LogP contribution in [0.2, 0.25) is 0 Å². The summed E-state index contributed by atoms with van der Waals surface area (Å²) in [6, 6.07) is 24.5. The number of aliphatic hydroxyl groups excluding tert-OH is 3. The Morgan fingerprint density at radius 1 is 0.500 bits per heavy atom. The van der Waals surface area contributed by atoms with Gasteiger partial charge in [-0.3, -0.25) is 52.3 Å². The van der Waals surface area contributed by atoms with E-state index < -0.39 is 76.3 Å². The normalized spacial score (nSPS) is 9.28. The Morgan fingerprint density at radius 3 is 1.18 bits per heavy atom. The molecule has 0 bridgehead atoms. The molecule has 0 aliphatic carbocycles. The maximum Gasteiger partial charge on any atom is 1.00 e. The third-order valence-corrected chi connectivity index (χ3v) is 11.5. The van der Waals surface area contributed by atoms with Crippen LogP contribution in [0.25, 0.3) is 0 Å². The molecule has 0 aromatic heterocycles. The molecule has 0 spiro atoms. The topological polar surface area (TPSA) is 702 Å². The van der Waals surface area contributed by atoms with Crippen LogP contribution in [0.3, 0.4) is 0 Å². The number of aliphatic carboxylic acids is 4. The largest absolute Gasteiger partial charge is 1.00 e. The molecule has 0 aliphatic rings. The number of carbonyl (C=O) groups is 12. The molecule has 5 rings (SSSR count). The number of hydrogen-bond acceptors (Lipinski definition) is 31. The first-order chi connectivity index (χ1) is 52.5. The molecule has 1 amide bonds. The van der Waals surface area contributed by atoms with Crippen LogP contribution >= 0.6 is 11.6 Å². The van der Waals surface area contributed by atoms with Gasteiger partial charge in [0.05, 0.1) is 52.5 Å². The Labute approximate surface area is 738 Å². The van der Waals surface area contributed by atoms with Crippen molar-refractivity contribution in [3.63, 3.8) is 0 Å². The molecular formula is C75H119ClNNaO40PdS. The van der Waals surface area contributed by atoms with Crippen LogP contribution < -0.4 is 62.7 Å². The fraction of sp³-hybridized carbons (Fsp3) is 0.440. The maximum absolute atomic E-state index is 11.4. The number of rotatable bonds is 28. The number of carbonyl (C=O) groups excluding carboxylic acids is 8. The zero-order chi connectivity index (χ0) is 87.7. The minimum absolute atomic E-state index is 0. The molecule has 688 valence electrons.